The second-order valence-corrected chi connectivity index (χ2v) is 12.5. The number of benzene rings is 3. The molecular weight excluding hydrogens is 602 g/mol. The summed E-state index contributed by atoms with van der Waals surface area (Å²) in [7, 11) is 0. The number of carboxylic acid groups (broad SMARTS) is 1. The van der Waals surface area contributed by atoms with Gasteiger partial charge in [0.25, 0.3) is 11.8 Å². The highest BCUT2D eigenvalue weighted by Gasteiger charge is 2.39. The summed E-state index contributed by atoms with van der Waals surface area (Å²) in [5.41, 5.74) is 2.83. The molecule has 10 heteroatoms. The molecule has 2 aliphatic heterocycles. The van der Waals surface area contributed by atoms with E-state index in [4.69, 9.17) is 0 Å². The molecule has 1 saturated heterocycles. The SMILES string of the molecule is O=C(NC1CC(c2ccccc2)CCN(C(CCc2ccccc2)C(=O)O)C1=O)C(S)CCCCN1C(=O)c2ccccc2C1=O. The van der Waals surface area contributed by atoms with Crippen molar-refractivity contribution in [3.8, 4) is 0 Å². The van der Waals surface area contributed by atoms with E-state index in [-0.39, 0.29) is 37.2 Å². The number of unbranched alkanes of at least 4 members (excludes halogenated alkanes) is 1. The minimum absolute atomic E-state index is 0.0537. The van der Waals surface area contributed by atoms with Crippen LogP contribution in [0.5, 0.6) is 0 Å². The molecule has 2 heterocycles. The first kappa shape index (κ1) is 32.9. The van der Waals surface area contributed by atoms with Crippen LogP contribution in [0.15, 0.2) is 84.9 Å². The maximum Gasteiger partial charge on any atom is 0.326 e. The van der Waals surface area contributed by atoms with E-state index >= 15 is 0 Å². The lowest BCUT2D eigenvalue weighted by Crippen LogP contribution is -2.54. The molecule has 46 heavy (non-hydrogen) atoms. The predicted molar refractivity (Wildman–Crippen MR) is 177 cm³/mol. The lowest BCUT2D eigenvalue weighted by atomic mass is 9.90. The molecule has 0 spiro atoms. The van der Waals surface area contributed by atoms with Crippen LogP contribution in [0.25, 0.3) is 0 Å². The van der Waals surface area contributed by atoms with E-state index in [2.05, 4.69) is 17.9 Å². The van der Waals surface area contributed by atoms with Gasteiger partial charge in [0, 0.05) is 13.1 Å². The lowest BCUT2D eigenvalue weighted by molar-refractivity contribution is -0.151. The fourth-order valence-electron chi connectivity index (χ4n) is 6.38. The van der Waals surface area contributed by atoms with E-state index < -0.39 is 35.1 Å². The maximum absolute atomic E-state index is 14.0. The Morgan fingerprint density at radius 2 is 1.46 bits per heavy atom. The monoisotopic (exact) mass is 641 g/mol. The molecule has 0 saturated carbocycles. The second-order valence-electron chi connectivity index (χ2n) is 11.9. The number of carbonyl (C=O) groups excluding carboxylic acids is 4. The summed E-state index contributed by atoms with van der Waals surface area (Å²) in [6, 6.07) is 24.1. The highest BCUT2D eigenvalue weighted by Crippen LogP contribution is 2.31. The number of carboxylic acids is 1. The summed E-state index contributed by atoms with van der Waals surface area (Å²) >= 11 is 4.52. The molecule has 0 bridgehead atoms. The Bertz CT molecular complexity index is 1530. The molecule has 4 amide bonds. The number of nitrogens with zero attached hydrogens (tertiary/aromatic N) is 2. The summed E-state index contributed by atoms with van der Waals surface area (Å²) in [6.45, 7) is 0.501. The number of aryl methyl sites for hydroxylation is 1. The molecule has 2 N–H and O–H groups in total. The Hall–Kier alpha value is -4.44. The highest BCUT2D eigenvalue weighted by molar-refractivity contribution is 7.81. The number of hydrogen-bond donors (Lipinski definition) is 3. The van der Waals surface area contributed by atoms with Crippen molar-refractivity contribution in [3.63, 3.8) is 0 Å². The summed E-state index contributed by atoms with van der Waals surface area (Å²) < 4.78 is 0. The fraction of sp³-hybridized carbons (Fsp3) is 0.361. The van der Waals surface area contributed by atoms with Crippen molar-refractivity contribution in [3.05, 3.63) is 107 Å². The van der Waals surface area contributed by atoms with Crippen molar-refractivity contribution in [1.29, 1.82) is 0 Å². The molecule has 9 nitrogen and oxygen atoms in total. The Morgan fingerprint density at radius 3 is 2.09 bits per heavy atom. The number of rotatable bonds is 13. The normalized spacial score (nSPS) is 19.4. The highest BCUT2D eigenvalue weighted by atomic mass is 32.1. The third kappa shape index (κ3) is 7.67. The Labute approximate surface area is 274 Å². The van der Waals surface area contributed by atoms with Crippen molar-refractivity contribution in [1.82, 2.24) is 15.1 Å². The van der Waals surface area contributed by atoms with E-state index in [9.17, 15) is 29.1 Å². The smallest absolute Gasteiger partial charge is 0.326 e. The van der Waals surface area contributed by atoms with Crippen LogP contribution in [0.3, 0.4) is 0 Å². The van der Waals surface area contributed by atoms with Crippen LogP contribution in [-0.2, 0) is 20.8 Å². The Morgan fingerprint density at radius 1 is 0.848 bits per heavy atom. The molecule has 4 atom stereocenters. The van der Waals surface area contributed by atoms with Gasteiger partial charge in [0.05, 0.1) is 16.4 Å². The average molecular weight is 642 g/mol. The summed E-state index contributed by atoms with van der Waals surface area (Å²) in [4.78, 5) is 67.7. The van der Waals surface area contributed by atoms with E-state index in [1.54, 1.807) is 24.3 Å². The van der Waals surface area contributed by atoms with Crippen LogP contribution in [-0.4, -0.2) is 74.9 Å². The second kappa shape index (κ2) is 15.2. The van der Waals surface area contributed by atoms with E-state index in [0.717, 1.165) is 11.1 Å². The standard InChI is InChI=1S/C36H39N3O6S/c40-32(31(46)17-9-10-21-39-33(41)27-15-7-8-16-28(27)34(39)42)37-29-23-26(25-13-5-2-6-14-25)20-22-38(35(29)43)30(36(44)45)19-18-24-11-3-1-4-12-24/h1-8,11-16,26,29-31,46H,9-10,17-23H2,(H,37,40)(H,44,45). The number of thiol groups is 1. The Balaban J connectivity index is 1.22. The molecule has 3 aromatic rings. The van der Waals surface area contributed by atoms with Crippen molar-refractivity contribution >= 4 is 42.2 Å². The number of hydrogen-bond acceptors (Lipinski definition) is 6. The molecule has 2 aliphatic rings. The molecule has 3 aromatic carbocycles. The van der Waals surface area contributed by atoms with Crippen molar-refractivity contribution in [2.24, 2.45) is 0 Å². The predicted octanol–water partition coefficient (Wildman–Crippen LogP) is 4.73. The van der Waals surface area contributed by atoms with Gasteiger partial charge < -0.3 is 15.3 Å². The van der Waals surface area contributed by atoms with Gasteiger partial charge in [0.1, 0.15) is 12.1 Å². The number of imide groups is 1. The van der Waals surface area contributed by atoms with E-state index in [0.29, 0.717) is 49.7 Å². The largest absolute Gasteiger partial charge is 0.480 e. The zero-order valence-corrected chi connectivity index (χ0v) is 26.5. The first-order chi connectivity index (χ1) is 22.2. The fourth-order valence-corrected chi connectivity index (χ4v) is 6.63. The van der Waals surface area contributed by atoms with E-state index in [1.165, 1.54) is 9.80 Å². The summed E-state index contributed by atoms with van der Waals surface area (Å²) in [5.74, 6) is -2.56. The molecule has 0 aromatic heterocycles. The lowest BCUT2D eigenvalue weighted by Gasteiger charge is -2.30. The van der Waals surface area contributed by atoms with Gasteiger partial charge in [-0.2, -0.15) is 12.6 Å². The van der Waals surface area contributed by atoms with Gasteiger partial charge in [-0.1, -0.05) is 79.2 Å². The number of likely N-dealkylation sites (tertiary alicyclic amines) is 1. The number of carbonyl (C=O) groups is 5. The van der Waals surface area contributed by atoms with Gasteiger partial charge in [0.15, 0.2) is 0 Å². The maximum atomic E-state index is 14.0. The molecular formula is C36H39N3O6S. The number of aliphatic carboxylic acids is 1. The van der Waals surface area contributed by atoms with Crippen molar-refractivity contribution in [2.75, 3.05) is 13.1 Å². The van der Waals surface area contributed by atoms with Crippen molar-refractivity contribution < 1.29 is 29.1 Å². The molecule has 0 radical (unpaired) electrons. The quantitative estimate of drug-likeness (QED) is 0.141. The van der Waals surface area contributed by atoms with Crippen LogP contribution < -0.4 is 5.32 Å². The first-order valence-corrected chi connectivity index (χ1v) is 16.3. The zero-order valence-electron chi connectivity index (χ0n) is 25.6. The van der Waals surface area contributed by atoms with E-state index in [1.807, 2.05) is 60.7 Å². The average Bonchev–Trinajstić information content (AvgIpc) is 3.20. The van der Waals surface area contributed by atoms with Crippen LogP contribution >= 0.6 is 12.6 Å². The minimum Gasteiger partial charge on any atom is -0.480 e. The molecule has 0 aliphatic carbocycles. The number of amides is 4. The molecule has 5 rings (SSSR count). The van der Waals surface area contributed by atoms with Gasteiger partial charge in [0.2, 0.25) is 11.8 Å². The third-order valence-electron chi connectivity index (χ3n) is 8.91. The summed E-state index contributed by atoms with van der Waals surface area (Å²) in [6.07, 6.45) is 3.08. The Kier molecular flexibility index (Phi) is 10.9. The zero-order chi connectivity index (χ0) is 32.6. The van der Waals surface area contributed by atoms with Gasteiger partial charge in [-0.25, -0.2) is 4.79 Å². The van der Waals surface area contributed by atoms with Crippen LogP contribution in [0, 0.1) is 0 Å². The molecule has 1 fully saturated rings. The topological polar surface area (TPSA) is 124 Å². The van der Waals surface area contributed by atoms with Crippen LogP contribution in [0.4, 0.5) is 0 Å². The van der Waals surface area contributed by atoms with Gasteiger partial charge >= 0.3 is 5.97 Å². The van der Waals surface area contributed by atoms with Gasteiger partial charge in [-0.15, -0.1) is 0 Å². The number of nitrogens with one attached hydrogen (secondary N) is 1. The summed E-state index contributed by atoms with van der Waals surface area (Å²) in [5, 5.41) is 12.4. The van der Waals surface area contributed by atoms with Gasteiger partial charge in [-0.3, -0.25) is 24.1 Å². The number of fused-ring (bicyclic) bond motifs is 1. The molecule has 4 unspecified atom stereocenters. The van der Waals surface area contributed by atoms with Gasteiger partial charge in [-0.05, 0) is 67.7 Å². The first-order valence-electron chi connectivity index (χ1n) is 15.8. The van der Waals surface area contributed by atoms with Crippen molar-refractivity contribution in [2.45, 2.75) is 68.2 Å². The third-order valence-corrected chi connectivity index (χ3v) is 9.40. The molecule has 240 valence electrons. The van der Waals surface area contributed by atoms with Crippen LogP contribution in [0.1, 0.15) is 76.3 Å². The van der Waals surface area contributed by atoms with Crippen LogP contribution in [0.2, 0.25) is 0 Å². The minimum atomic E-state index is -1.07.